The van der Waals surface area contributed by atoms with Gasteiger partial charge in [-0.25, -0.2) is 0 Å². The van der Waals surface area contributed by atoms with E-state index >= 15 is 0 Å². The lowest BCUT2D eigenvalue weighted by molar-refractivity contribution is -0.151. The number of ether oxygens (including phenoxy) is 1. The van der Waals surface area contributed by atoms with Crippen molar-refractivity contribution in [1.29, 1.82) is 0 Å². The van der Waals surface area contributed by atoms with Crippen molar-refractivity contribution in [3.63, 3.8) is 0 Å². The molecule has 3 unspecified atom stereocenters. The summed E-state index contributed by atoms with van der Waals surface area (Å²) in [5.41, 5.74) is 0. The van der Waals surface area contributed by atoms with Gasteiger partial charge in [0.15, 0.2) is 0 Å². The van der Waals surface area contributed by atoms with Crippen LogP contribution >= 0.6 is 0 Å². The Morgan fingerprint density at radius 2 is 0.774 bits per heavy atom. The van der Waals surface area contributed by atoms with Gasteiger partial charge < -0.3 is 20.3 Å². The fraction of sp³-hybridized carbons (Fsp3) is 0.929. The lowest BCUT2D eigenvalue weighted by atomic mass is 10.0. The van der Waals surface area contributed by atoms with Crippen LogP contribution in [0.2, 0.25) is 0 Å². The lowest BCUT2D eigenvalue weighted by Gasteiger charge is -2.24. The zero-order valence-corrected chi connectivity index (χ0v) is 42.0. The summed E-state index contributed by atoms with van der Waals surface area (Å²) in [5, 5.41) is 23.8. The molecule has 0 rings (SSSR count). The van der Waals surface area contributed by atoms with E-state index in [0.717, 1.165) is 57.8 Å². The molecule has 6 nitrogen and oxygen atoms in total. The van der Waals surface area contributed by atoms with Crippen LogP contribution in [-0.2, 0) is 14.3 Å². The zero-order chi connectivity index (χ0) is 45.2. The predicted molar refractivity (Wildman–Crippen MR) is 269 cm³/mol. The standard InChI is InChI=1S/C56H109NO5/c1-4-7-10-13-16-19-22-24-26-27-28-30-32-34-37-40-43-46-49-56(61)62-52(47-44-41-38-35-33-31-29-25-23-20-17-14-11-8-5-2)50-55(60)57-53(51-58)54(59)48-45-42-39-36-21-18-15-12-9-6-3/h25,29,52-54,58-59H,4-24,26-28,30-51H2,1-3H3,(H,57,60)/b29-25+. The number of hydrogen-bond acceptors (Lipinski definition) is 5. The highest BCUT2D eigenvalue weighted by Crippen LogP contribution is 2.19. The van der Waals surface area contributed by atoms with E-state index in [4.69, 9.17) is 4.74 Å². The van der Waals surface area contributed by atoms with Crippen LogP contribution in [0.4, 0.5) is 0 Å². The van der Waals surface area contributed by atoms with Gasteiger partial charge in [-0.1, -0.05) is 258 Å². The molecule has 0 fully saturated rings. The first-order chi connectivity index (χ1) is 30.5. The Morgan fingerprint density at radius 1 is 0.452 bits per heavy atom. The Bertz CT molecular complexity index is 939. The first-order valence-electron chi connectivity index (χ1n) is 27.9. The molecule has 0 heterocycles. The van der Waals surface area contributed by atoms with Crippen molar-refractivity contribution in [2.75, 3.05) is 6.61 Å². The second-order valence-electron chi connectivity index (χ2n) is 19.3. The average molecular weight is 876 g/mol. The Kier molecular flexibility index (Phi) is 49.5. The van der Waals surface area contributed by atoms with Crippen LogP contribution in [0.3, 0.4) is 0 Å². The minimum Gasteiger partial charge on any atom is -0.462 e. The third-order valence-electron chi connectivity index (χ3n) is 13.1. The van der Waals surface area contributed by atoms with E-state index in [0.29, 0.717) is 19.3 Å². The van der Waals surface area contributed by atoms with Crippen LogP contribution < -0.4 is 5.32 Å². The number of allylic oxidation sites excluding steroid dienone is 2. The molecule has 0 aromatic rings. The van der Waals surface area contributed by atoms with Crippen LogP contribution in [0.25, 0.3) is 0 Å². The van der Waals surface area contributed by atoms with Crippen LogP contribution in [0.1, 0.15) is 310 Å². The molecule has 0 spiro atoms. The van der Waals surface area contributed by atoms with Crippen LogP contribution in [0.15, 0.2) is 12.2 Å². The van der Waals surface area contributed by atoms with Crippen molar-refractivity contribution in [2.45, 2.75) is 328 Å². The van der Waals surface area contributed by atoms with Gasteiger partial charge in [0.25, 0.3) is 0 Å². The monoisotopic (exact) mass is 876 g/mol. The Hall–Kier alpha value is -1.40. The summed E-state index contributed by atoms with van der Waals surface area (Å²) in [4.78, 5) is 26.2. The van der Waals surface area contributed by atoms with E-state index in [1.807, 2.05) is 0 Å². The molecule has 0 aromatic carbocycles. The lowest BCUT2D eigenvalue weighted by Crippen LogP contribution is -2.46. The molecule has 0 saturated heterocycles. The highest BCUT2D eigenvalue weighted by Gasteiger charge is 2.24. The smallest absolute Gasteiger partial charge is 0.306 e. The van der Waals surface area contributed by atoms with Crippen molar-refractivity contribution in [2.24, 2.45) is 0 Å². The van der Waals surface area contributed by atoms with Gasteiger partial charge in [0, 0.05) is 6.42 Å². The number of aliphatic hydroxyl groups excluding tert-OH is 2. The van der Waals surface area contributed by atoms with E-state index in [1.165, 1.54) is 205 Å². The number of unbranched alkanes of at least 4 members (excludes halogenated alkanes) is 37. The topological polar surface area (TPSA) is 95.9 Å². The normalized spacial score (nSPS) is 13.2. The summed E-state index contributed by atoms with van der Waals surface area (Å²) in [6.45, 7) is 6.50. The molecule has 3 N–H and O–H groups in total. The highest BCUT2D eigenvalue weighted by molar-refractivity contribution is 5.77. The zero-order valence-electron chi connectivity index (χ0n) is 42.0. The SMILES string of the molecule is CCCCCCCC/C=C/CCCCCCCC(CC(=O)NC(CO)C(O)CCCCCCCCCCCC)OC(=O)CCCCCCCCCCCCCCCCCCCC. The number of rotatable bonds is 51. The Labute approximate surface area is 387 Å². The molecule has 6 heteroatoms. The third kappa shape index (κ3) is 45.2. The van der Waals surface area contributed by atoms with Crippen LogP contribution in [0.5, 0.6) is 0 Å². The predicted octanol–water partition coefficient (Wildman–Crippen LogP) is 16.9. The minimum absolute atomic E-state index is 0.0791. The molecular formula is C56H109NO5. The van der Waals surface area contributed by atoms with Gasteiger partial charge in [-0.05, 0) is 51.4 Å². The van der Waals surface area contributed by atoms with Gasteiger partial charge in [-0.15, -0.1) is 0 Å². The molecule has 368 valence electrons. The first kappa shape index (κ1) is 60.6. The van der Waals surface area contributed by atoms with Gasteiger partial charge in [0.1, 0.15) is 6.10 Å². The molecule has 0 radical (unpaired) electrons. The quantitative estimate of drug-likeness (QED) is 0.0321. The molecular weight excluding hydrogens is 767 g/mol. The highest BCUT2D eigenvalue weighted by atomic mass is 16.5. The molecule has 0 saturated carbocycles. The number of hydrogen-bond donors (Lipinski definition) is 3. The number of nitrogens with one attached hydrogen (secondary N) is 1. The minimum atomic E-state index is -0.783. The van der Waals surface area contributed by atoms with E-state index in [1.54, 1.807) is 0 Å². The summed E-state index contributed by atoms with van der Waals surface area (Å²) in [6, 6.07) is -0.697. The summed E-state index contributed by atoms with van der Waals surface area (Å²) in [5.74, 6) is -0.461. The van der Waals surface area contributed by atoms with Gasteiger partial charge in [0.05, 0.1) is 25.2 Å². The molecule has 62 heavy (non-hydrogen) atoms. The number of esters is 1. The van der Waals surface area contributed by atoms with Crippen LogP contribution in [0, 0.1) is 0 Å². The van der Waals surface area contributed by atoms with Gasteiger partial charge >= 0.3 is 5.97 Å². The van der Waals surface area contributed by atoms with E-state index in [9.17, 15) is 19.8 Å². The Balaban J connectivity index is 4.49. The second kappa shape index (κ2) is 50.6. The second-order valence-corrected chi connectivity index (χ2v) is 19.3. The van der Waals surface area contributed by atoms with Gasteiger partial charge in [0.2, 0.25) is 5.91 Å². The summed E-state index contributed by atoms with van der Waals surface area (Å²) < 4.78 is 5.95. The van der Waals surface area contributed by atoms with E-state index in [-0.39, 0.29) is 24.9 Å². The first-order valence-corrected chi connectivity index (χ1v) is 27.9. The van der Waals surface area contributed by atoms with E-state index < -0.39 is 18.2 Å². The maximum atomic E-state index is 13.2. The largest absolute Gasteiger partial charge is 0.462 e. The molecule has 0 bridgehead atoms. The molecule has 1 amide bonds. The molecule has 0 aliphatic heterocycles. The summed E-state index contributed by atoms with van der Waals surface area (Å²) in [6.07, 6.45) is 57.1. The fourth-order valence-corrected chi connectivity index (χ4v) is 8.84. The maximum Gasteiger partial charge on any atom is 0.306 e. The number of aliphatic hydroxyl groups is 2. The number of carbonyl (C=O) groups excluding carboxylic acids is 2. The van der Waals surface area contributed by atoms with Crippen molar-refractivity contribution in [3.8, 4) is 0 Å². The number of carbonyl (C=O) groups is 2. The van der Waals surface area contributed by atoms with Crippen molar-refractivity contribution >= 4 is 11.9 Å². The van der Waals surface area contributed by atoms with Crippen molar-refractivity contribution < 1.29 is 24.5 Å². The molecule has 3 atom stereocenters. The fourth-order valence-electron chi connectivity index (χ4n) is 8.84. The molecule has 0 aromatic heterocycles. The third-order valence-corrected chi connectivity index (χ3v) is 13.1. The maximum absolute atomic E-state index is 13.2. The Morgan fingerprint density at radius 3 is 1.15 bits per heavy atom. The van der Waals surface area contributed by atoms with Crippen molar-refractivity contribution in [1.82, 2.24) is 5.32 Å². The molecule has 0 aliphatic rings. The van der Waals surface area contributed by atoms with Gasteiger partial charge in [-0.3, -0.25) is 9.59 Å². The van der Waals surface area contributed by atoms with E-state index in [2.05, 4.69) is 38.2 Å². The summed E-state index contributed by atoms with van der Waals surface area (Å²) >= 11 is 0. The van der Waals surface area contributed by atoms with Crippen molar-refractivity contribution in [3.05, 3.63) is 12.2 Å². The van der Waals surface area contributed by atoms with Crippen LogP contribution in [-0.4, -0.2) is 46.9 Å². The number of amides is 1. The average Bonchev–Trinajstić information content (AvgIpc) is 3.26. The molecule has 0 aliphatic carbocycles. The van der Waals surface area contributed by atoms with Gasteiger partial charge in [-0.2, -0.15) is 0 Å². The summed E-state index contributed by atoms with van der Waals surface area (Å²) in [7, 11) is 0.